The maximum atomic E-state index is 9.57. The minimum absolute atomic E-state index is 0.806. The van der Waals surface area contributed by atoms with E-state index in [2.05, 4.69) is 0 Å². The molecular formula is C6H8O8. The molecule has 0 aromatic heterocycles. The van der Waals surface area contributed by atoms with Gasteiger partial charge in [-0.2, -0.15) is 0 Å². The molecule has 0 rings (SSSR count). The summed E-state index contributed by atoms with van der Waals surface area (Å²) in [5, 5.41) is 31.0. The second-order valence-corrected chi connectivity index (χ2v) is 1.79. The number of rotatable bonds is 4. The maximum Gasteiger partial charge on any atom is 0.314 e. The van der Waals surface area contributed by atoms with Gasteiger partial charge in [-0.3, -0.25) is 19.2 Å². The minimum Gasteiger partial charge on any atom is -0.481 e. The van der Waals surface area contributed by atoms with Crippen LogP contribution in [0.15, 0.2) is 0 Å². The van der Waals surface area contributed by atoms with Crippen molar-refractivity contribution in [3.05, 3.63) is 0 Å². The van der Waals surface area contributed by atoms with E-state index in [-0.39, 0.29) is 0 Å². The summed E-state index contributed by atoms with van der Waals surface area (Å²) in [6.45, 7) is 0. The van der Waals surface area contributed by atoms with Crippen molar-refractivity contribution in [3.63, 3.8) is 0 Å². The first-order valence-electron chi connectivity index (χ1n) is 3.57. The SMILES string of the molecule is O=C(O)CC(=O)O.[2H]C(C(=O)O)C(=O)O. The van der Waals surface area contributed by atoms with E-state index in [9.17, 15) is 19.2 Å². The molecule has 0 amide bonds. The van der Waals surface area contributed by atoms with Gasteiger partial charge < -0.3 is 20.4 Å². The molecule has 0 bridgehead atoms. The molecule has 0 radical (unpaired) electrons. The molecule has 4 N–H and O–H groups in total. The van der Waals surface area contributed by atoms with Gasteiger partial charge in [0.1, 0.15) is 12.8 Å². The third-order valence-electron chi connectivity index (χ3n) is 0.549. The molecule has 0 heterocycles. The fourth-order valence-corrected chi connectivity index (χ4v) is 0.235. The molecule has 0 saturated heterocycles. The van der Waals surface area contributed by atoms with Gasteiger partial charge in [0.2, 0.25) is 0 Å². The Kier molecular flexibility index (Phi) is 6.39. The molecule has 0 atom stereocenters. The van der Waals surface area contributed by atoms with E-state index in [0.29, 0.717) is 0 Å². The van der Waals surface area contributed by atoms with Crippen molar-refractivity contribution in [1.82, 2.24) is 0 Å². The van der Waals surface area contributed by atoms with Crippen molar-refractivity contribution >= 4 is 23.9 Å². The number of carboxylic acids is 4. The van der Waals surface area contributed by atoms with Crippen molar-refractivity contribution < 1.29 is 41.0 Å². The highest BCUT2D eigenvalue weighted by atomic mass is 16.4. The van der Waals surface area contributed by atoms with Crippen LogP contribution in [0.25, 0.3) is 0 Å². The summed E-state index contributed by atoms with van der Waals surface area (Å²) in [4.78, 5) is 38.0. The third kappa shape index (κ3) is 22.5. The first-order chi connectivity index (χ1) is 6.68. The summed E-state index contributed by atoms with van der Waals surface area (Å²) in [5.41, 5.74) is 0. The lowest BCUT2D eigenvalue weighted by atomic mass is 10.5. The van der Waals surface area contributed by atoms with Gasteiger partial charge in [-0.05, 0) is 0 Å². The molecular weight excluding hydrogens is 200 g/mol. The first-order valence-corrected chi connectivity index (χ1v) is 3.00. The van der Waals surface area contributed by atoms with E-state index in [4.69, 9.17) is 21.8 Å². The zero-order valence-corrected chi connectivity index (χ0v) is 6.71. The lowest BCUT2D eigenvalue weighted by molar-refractivity contribution is -0.149. The Morgan fingerprint density at radius 2 is 1.07 bits per heavy atom. The summed E-state index contributed by atoms with van der Waals surface area (Å²) < 4.78 is 6.28. The lowest BCUT2D eigenvalue weighted by Crippen LogP contribution is -2.03. The maximum absolute atomic E-state index is 9.57. The fourth-order valence-electron chi connectivity index (χ4n) is 0.235. The minimum atomic E-state index is -2.05. The Balaban J connectivity index is 0. The number of aliphatic carboxylic acids is 4. The Morgan fingerprint density at radius 1 is 0.786 bits per heavy atom. The van der Waals surface area contributed by atoms with Crippen LogP contribution in [0.4, 0.5) is 0 Å². The van der Waals surface area contributed by atoms with Crippen LogP contribution in [0.1, 0.15) is 14.2 Å². The second-order valence-electron chi connectivity index (χ2n) is 1.79. The molecule has 0 unspecified atom stereocenters. The predicted molar refractivity (Wildman–Crippen MR) is 39.8 cm³/mol. The van der Waals surface area contributed by atoms with Crippen LogP contribution >= 0.6 is 0 Å². The Morgan fingerprint density at radius 3 is 1.07 bits per heavy atom. The molecule has 80 valence electrons. The van der Waals surface area contributed by atoms with Crippen LogP contribution in [-0.4, -0.2) is 44.3 Å². The van der Waals surface area contributed by atoms with Gasteiger partial charge in [-0.25, -0.2) is 0 Å². The van der Waals surface area contributed by atoms with Gasteiger partial charge in [-0.15, -0.1) is 0 Å². The second kappa shape index (κ2) is 7.53. The average molecular weight is 209 g/mol. The molecule has 0 aromatic carbocycles. The van der Waals surface area contributed by atoms with Gasteiger partial charge in [0.15, 0.2) is 0 Å². The summed E-state index contributed by atoms with van der Waals surface area (Å²) >= 11 is 0. The molecule has 0 aliphatic carbocycles. The summed E-state index contributed by atoms with van der Waals surface area (Å²) in [5.74, 6) is -5.91. The molecule has 0 aliphatic rings. The predicted octanol–water partition coefficient (Wildman–Crippen LogP) is -0.909. The molecule has 0 aliphatic heterocycles. The van der Waals surface area contributed by atoms with Gasteiger partial charge >= 0.3 is 23.9 Å². The van der Waals surface area contributed by atoms with Crippen LogP contribution in [-0.2, 0) is 19.2 Å². The van der Waals surface area contributed by atoms with Crippen LogP contribution in [0, 0.1) is 0 Å². The summed E-state index contributed by atoms with van der Waals surface area (Å²) in [7, 11) is 0. The molecule has 0 saturated carbocycles. The van der Waals surface area contributed by atoms with E-state index >= 15 is 0 Å². The largest absolute Gasteiger partial charge is 0.481 e. The van der Waals surface area contributed by atoms with Crippen molar-refractivity contribution in [2.75, 3.05) is 0 Å². The first kappa shape index (κ1) is 11.9. The zero-order chi connectivity index (χ0) is 12.6. The average Bonchev–Trinajstić information content (AvgIpc) is 2.00. The number of hydrogen-bond donors (Lipinski definition) is 4. The zero-order valence-electron chi connectivity index (χ0n) is 7.71. The molecule has 0 spiro atoms. The standard InChI is InChI=1S/2C3H4O4/c2*4-2(5)1-3(6)7/h2*1H2,(H,4,5)(H,6,7)/i1D;. The summed E-state index contributed by atoms with van der Waals surface area (Å²) in [6.07, 6.45) is -2.85. The number of carboxylic acid groups (broad SMARTS) is 4. The topological polar surface area (TPSA) is 149 Å². The van der Waals surface area contributed by atoms with E-state index in [0.717, 1.165) is 0 Å². The van der Waals surface area contributed by atoms with Crippen molar-refractivity contribution in [2.24, 2.45) is 0 Å². The van der Waals surface area contributed by atoms with Crippen molar-refractivity contribution in [2.45, 2.75) is 12.8 Å². The van der Waals surface area contributed by atoms with E-state index in [1.54, 1.807) is 0 Å². The number of carbonyl (C=O) groups is 4. The Labute approximate surface area is 78.8 Å². The van der Waals surface area contributed by atoms with Gasteiger partial charge in [0, 0.05) is 0 Å². The lowest BCUT2D eigenvalue weighted by Gasteiger charge is -1.80. The van der Waals surface area contributed by atoms with Crippen LogP contribution in [0.5, 0.6) is 0 Å². The highest BCUT2D eigenvalue weighted by molar-refractivity contribution is 5.89. The van der Waals surface area contributed by atoms with E-state index in [1.807, 2.05) is 0 Å². The Hall–Kier alpha value is -2.12. The van der Waals surface area contributed by atoms with Crippen molar-refractivity contribution in [1.29, 1.82) is 0 Å². The van der Waals surface area contributed by atoms with E-state index in [1.165, 1.54) is 0 Å². The van der Waals surface area contributed by atoms with Crippen LogP contribution < -0.4 is 0 Å². The monoisotopic (exact) mass is 209 g/mol. The molecule has 14 heavy (non-hydrogen) atoms. The van der Waals surface area contributed by atoms with Crippen LogP contribution in [0.2, 0.25) is 0 Å². The van der Waals surface area contributed by atoms with E-state index < -0.39 is 36.7 Å². The smallest absolute Gasteiger partial charge is 0.314 e. The molecule has 8 heteroatoms. The quantitative estimate of drug-likeness (QED) is 0.434. The van der Waals surface area contributed by atoms with Gasteiger partial charge in [-0.1, -0.05) is 0 Å². The summed E-state index contributed by atoms with van der Waals surface area (Å²) in [6, 6.07) is 0. The highest BCUT2D eigenvalue weighted by Crippen LogP contribution is 1.74. The van der Waals surface area contributed by atoms with Crippen molar-refractivity contribution in [3.8, 4) is 0 Å². The van der Waals surface area contributed by atoms with Gasteiger partial charge in [0.25, 0.3) is 0 Å². The van der Waals surface area contributed by atoms with Crippen LogP contribution in [0.3, 0.4) is 0 Å². The third-order valence-corrected chi connectivity index (χ3v) is 0.549. The molecule has 0 fully saturated rings. The fraction of sp³-hybridized carbons (Fsp3) is 0.333. The Bertz CT molecular complexity index is 246. The normalized spacial score (nSPS) is 9.36. The highest BCUT2D eigenvalue weighted by Gasteiger charge is 2.02. The molecule has 8 nitrogen and oxygen atoms in total. The molecule has 0 aromatic rings. The van der Waals surface area contributed by atoms with Gasteiger partial charge in [0.05, 0.1) is 1.37 Å². The number of hydrogen-bond acceptors (Lipinski definition) is 4.